The van der Waals surface area contributed by atoms with E-state index in [1.165, 1.54) is 23.5 Å². The fraction of sp³-hybridized carbons (Fsp3) is 0.0909. The van der Waals surface area contributed by atoms with Crippen LogP contribution in [-0.4, -0.2) is 10.8 Å². The Bertz CT molecular complexity index is 1320. The standard InChI is InChI=1S/C22H13ClFNO3S/c23-15-5-2-1-4-12(15)11-25-19(17-6-3-9-29-17)18-20(26)14-10-13(24)7-8-16(14)28-21(18)22(25)27/h1-10,19H,11H2. The van der Waals surface area contributed by atoms with Gasteiger partial charge in [-0.2, -0.15) is 0 Å². The number of benzene rings is 2. The van der Waals surface area contributed by atoms with Crippen molar-refractivity contribution >= 4 is 39.8 Å². The third-order valence-electron chi connectivity index (χ3n) is 5.04. The summed E-state index contributed by atoms with van der Waals surface area (Å²) in [4.78, 5) is 28.9. The van der Waals surface area contributed by atoms with E-state index in [0.717, 1.165) is 16.5 Å². The number of carbonyl (C=O) groups excluding carboxylic acids is 1. The highest BCUT2D eigenvalue weighted by Crippen LogP contribution is 2.41. The number of thiophene rings is 1. The summed E-state index contributed by atoms with van der Waals surface area (Å²) in [5.41, 5.74) is 0.796. The molecule has 1 aliphatic heterocycles. The Morgan fingerprint density at radius 2 is 1.93 bits per heavy atom. The zero-order valence-electron chi connectivity index (χ0n) is 14.9. The van der Waals surface area contributed by atoms with E-state index in [0.29, 0.717) is 5.02 Å². The van der Waals surface area contributed by atoms with E-state index < -0.39 is 17.3 Å². The molecule has 0 saturated carbocycles. The normalized spacial score (nSPS) is 15.9. The number of fused-ring (bicyclic) bond motifs is 2. The maximum absolute atomic E-state index is 13.8. The Kier molecular flexibility index (Phi) is 4.26. The van der Waals surface area contributed by atoms with Crippen LogP contribution in [0.3, 0.4) is 0 Å². The number of carbonyl (C=O) groups is 1. The van der Waals surface area contributed by atoms with Crippen LogP contribution in [0, 0.1) is 5.82 Å². The van der Waals surface area contributed by atoms with E-state index in [-0.39, 0.29) is 34.7 Å². The predicted molar refractivity (Wildman–Crippen MR) is 110 cm³/mol. The van der Waals surface area contributed by atoms with Gasteiger partial charge in [0.25, 0.3) is 5.91 Å². The molecule has 1 amide bonds. The van der Waals surface area contributed by atoms with Gasteiger partial charge >= 0.3 is 0 Å². The summed E-state index contributed by atoms with van der Waals surface area (Å²) in [6.45, 7) is 0.218. The van der Waals surface area contributed by atoms with Gasteiger partial charge in [0.1, 0.15) is 17.4 Å². The zero-order valence-corrected chi connectivity index (χ0v) is 16.5. The van der Waals surface area contributed by atoms with Gasteiger partial charge in [0, 0.05) is 16.4 Å². The molecule has 2 aromatic heterocycles. The molecule has 4 nitrogen and oxygen atoms in total. The Hall–Kier alpha value is -2.96. The highest BCUT2D eigenvalue weighted by Gasteiger charge is 2.43. The Morgan fingerprint density at radius 1 is 1.10 bits per heavy atom. The fourth-order valence-corrected chi connectivity index (χ4v) is 4.75. The van der Waals surface area contributed by atoms with Crippen LogP contribution >= 0.6 is 22.9 Å². The minimum Gasteiger partial charge on any atom is -0.450 e. The molecule has 0 bridgehead atoms. The van der Waals surface area contributed by atoms with Gasteiger partial charge in [-0.1, -0.05) is 35.9 Å². The Labute approximate surface area is 173 Å². The molecule has 4 aromatic rings. The highest BCUT2D eigenvalue weighted by atomic mass is 35.5. The lowest BCUT2D eigenvalue weighted by Crippen LogP contribution is -2.28. The minimum absolute atomic E-state index is 0.000406. The lowest BCUT2D eigenvalue weighted by Gasteiger charge is -2.24. The largest absolute Gasteiger partial charge is 0.450 e. The average Bonchev–Trinajstić information content (AvgIpc) is 3.32. The third kappa shape index (κ3) is 2.87. The first-order valence-electron chi connectivity index (χ1n) is 8.88. The van der Waals surface area contributed by atoms with E-state index >= 15 is 0 Å². The summed E-state index contributed by atoms with van der Waals surface area (Å²) in [6.07, 6.45) is 0. The van der Waals surface area contributed by atoms with Crippen LogP contribution in [0.2, 0.25) is 5.02 Å². The van der Waals surface area contributed by atoms with Gasteiger partial charge in [0.05, 0.1) is 10.9 Å². The van der Waals surface area contributed by atoms with Crippen molar-refractivity contribution in [3.05, 3.63) is 103 Å². The van der Waals surface area contributed by atoms with Gasteiger partial charge in [0.15, 0.2) is 5.43 Å². The molecule has 5 rings (SSSR count). The molecule has 1 atom stereocenters. The third-order valence-corrected chi connectivity index (χ3v) is 6.33. The van der Waals surface area contributed by atoms with Crippen molar-refractivity contribution in [1.82, 2.24) is 4.90 Å². The van der Waals surface area contributed by atoms with Gasteiger partial charge in [-0.15, -0.1) is 11.3 Å². The molecule has 7 heteroatoms. The maximum atomic E-state index is 13.8. The summed E-state index contributed by atoms with van der Waals surface area (Å²) in [5, 5.41) is 2.54. The lowest BCUT2D eigenvalue weighted by atomic mass is 10.0. The van der Waals surface area contributed by atoms with Gasteiger partial charge in [0.2, 0.25) is 5.76 Å². The van der Waals surface area contributed by atoms with E-state index in [9.17, 15) is 14.0 Å². The molecule has 2 aromatic carbocycles. The molecule has 0 fully saturated rings. The van der Waals surface area contributed by atoms with E-state index in [1.807, 2.05) is 35.7 Å². The van der Waals surface area contributed by atoms with Crippen LogP contribution < -0.4 is 5.43 Å². The molecule has 144 valence electrons. The number of hydrogen-bond acceptors (Lipinski definition) is 4. The molecule has 0 saturated heterocycles. The van der Waals surface area contributed by atoms with Crippen molar-refractivity contribution < 1.29 is 13.6 Å². The van der Waals surface area contributed by atoms with Crippen molar-refractivity contribution in [3.63, 3.8) is 0 Å². The molecule has 3 heterocycles. The molecule has 29 heavy (non-hydrogen) atoms. The first kappa shape index (κ1) is 18.1. The van der Waals surface area contributed by atoms with Gasteiger partial charge in [-0.3, -0.25) is 9.59 Å². The number of nitrogens with zero attached hydrogens (tertiary/aromatic N) is 1. The first-order valence-corrected chi connectivity index (χ1v) is 10.1. The molecule has 0 aliphatic carbocycles. The summed E-state index contributed by atoms with van der Waals surface area (Å²) >= 11 is 7.75. The second-order valence-corrected chi connectivity index (χ2v) is 8.14. The maximum Gasteiger partial charge on any atom is 0.291 e. The molecule has 0 radical (unpaired) electrons. The van der Waals surface area contributed by atoms with Crippen molar-refractivity contribution in [3.8, 4) is 0 Å². The van der Waals surface area contributed by atoms with E-state index in [4.69, 9.17) is 16.0 Å². The monoisotopic (exact) mass is 425 g/mol. The molecule has 0 spiro atoms. The van der Waals surface area contributed by atoms with Crippen LogP contribution in [0.15, 0.2) is 69.2 Å². The molecular formula is C22H13ClFNO3S. The quantitative estimate of drug-likeness (QED) is 0.442. The van der Waals surface area contributed by atoms with Gasteiger partial charge in [-0.25, -0.2) is 4.39 Å². The number of amides is 1. The van der Waals surface area contributed by atoms with Crippen LogP contribution in [0.25, 0.3) is 11.0 Å². The van der Waals surface area contributed by atoms with E-state index in [1.54, 1.807) is 11.0 Å². The summed E-state index contributed by atoms with van der Waals surface area (Å²) in [5.74, 6) is -0.920. The number of halogens is 2. The number of hydrogen-bond donors (Lipinski definition) is 0. The van der Waals surface area contributed by atoms with Gasteiger partial charge < -0.3 is 9.32 Å². The topological polar surface area (TPSA) is 50.5 Å². The van der Waals surface area contributed by atoms with Crippen LogP contribution in [-0.2, 0) is 6.54 Å². The lowest BCUT2D eigenvalue weighted by molar-refractivity contribution is 0.0716. The van der Waals surface area contributed by atoms with Crippen molar-refractivity contribution in [2.24, 2.45) is 0 Å². The van der Waals surface area contributed by atoms with Crippen molar-refractivity contribution in [2.75, 3.05) is 0 Å². The second kappa shape index (κ2) is 6.83. The predicted octanol–water partition coefficient (Wildman–Crippen LogP) is 5.39. The minimum atomic E-state index is -0.613. The smallest absolute Gasteiger partial charge is 0.291 e. The highest BCUT2D eigenvalue weighted by molar-refractivity contribution is 7.10. The number of rotatable bonds is 3. The van der Waals surface area contributed by atoms with Crippen molar-refractivity contribution in [2.45, 2.75) is 12.6 Å². The Balaban J connectivity index is 1.73. The van der Waals surface area contributed by atoms with Crippen LogP contribution in [0.1, 0.15) is 32.6 Å². The van der Waals surface area contributed by atoms with E-state index in [2.05, 4.69) is 0 Å². The van der Waals surface area contributed by atoms with Crippen molar-refractivity contribution in [1.29, 1.82) is 0 Å². The Morgan fingerprint density at radius 3 is 2.69 bits per heavy atom. The second-order valence-electron chi connectivity index (χ2n) is 6.76. The summed E-state index contributed by atoms with van der Waals surface area (Å²) in [6, 6.07) is 14.1. The van der Waals surface area contributed by atoms with Crippen LogP contribution in [0.5, 0.6) is 0 Å². The van der Waals surface area contributed by atoms with Gasteiger partial charge in [-0.05, 0) is 41.3 Å². The average molecular weight is 426 g/mol. The molecule has 0 N–H and O–H groups in total. The van der Waals surface area contributed by atoms with Crippen LogP contribution in [0.4, 0.5) is 4.39 Å². The summed E-state index contributed by atoms with van der Waals surface area (Å²) in [7, 11) is 0. The SMILES string of the molecule is O=C1c2oc3ccc(F)cc3c(=O)c2C(c2cccs2)N1Cc1ccccc1Cl. The fourth-order valence-electron chi connectivity index (χ4n) is 3.71. The zero-order chi connectivity index (χ0) is 20.1. The molecule has 1 unspecified atom stereocenters. The first-order chi connectivity index (χ1) is 14.0. The summed E-state index contributed by atoms with van der Waals surface area (Å²) < 4.78 is 19.5. The molecule has 1 aliphatic rings. The molecular weight excluding hydrogens is 413 g/mol.